The summed E-state index contributed by atoms with van der Waals surface area (Å²) in [4.78, 5) is 3.02. The Morgan fingerprint density at radius 2 is 2.12 bits per heavy atom. The minimum atomic E-state index is 0.628. The van der Waals surface area contributed by atoms with Gasteiger partial charge in [-0.3, -0.25) is 0 Å². The molecule has 0 bridgehead atoms. The van der Waals surface area contributed by atoms with Gasteiger partial charge in [0.25, 0.3) is 0 Å². The van der Waals surface area contributed by atoms with Crippen molar-refractivity contribution in [1.82, 2.24) is 0 Å². The Kier molecular flexibility index (Phi) is 5.98. The van der Waals surface area contributed by atoms with Crippen molar-refractivity contribution in [2.45, 2.75) is 33.1 Å². The zero-order chi connectivity index (χ0) is 12.7. The fourth-order valence-corrected chi connectivity index (χ4v) is 2.04. The van der Waals surface area contributed by atoms with E-state index >= 15 is 0 Å². The minimum absolute atomic E-state index is 0.628. The molecule has 0 saturated carbocycles. The number of rotatable bonds is 7. The van der Waals surface area contributed by atoms with E-state index in [1.165, 1.54) is 11.3 Å². The molecule has 0 unspecified atom stereocenters. The van der Waals surface area contributed by atoms with E-state index in [2.05, 4.69) is 43.0 Å². The molecule has 0 aliphatic carbocycles. The van der Waals surface area contributed by atoms with Crippen LogP contribution < -0.4 is 10.6 Å². The molecule has 0 radical (unpaired) electrons. The van der Waals surface area contributed by atoms with E-state index in [0.717, 1.165) is 32.4 Å². The lowest BCUT2D eigenvalue weighted by molar-refractivity contribution is 0.714. The summed E-state index contributed by atoms with van der Waals surface area (Å²) >= 11 is 4.88. The first kappa shape index (κ1) is 14.0. The summed E-state index contributed by atoms with van der Waals surface area (Å²) in [6.45, 7) is 6.43. The van der Waals surface area contributed by atoms with Gasteiger partial charge in [0.05, 0.1) is 4.99 Å². The molecule has 2 nitrogen and oxygen atoms in total. The molecular weight excluding hydrogens is 228 g/mol. The molecule has 0 aliphatic rings. The molecule has 0 heterocycles. The van der Waals surface area contributed by atoms with E-state index in [1.807, 2.05) is 0 Å². The maximum atomic E-state index is 5.49. The Hall–Kier alpha value is -1.09. The SMILES string of the molecule is CCN(CCCCC(N)=S)c1cccc(C)c1. The molecule has 0 aliphatic heterocycles. The van der Waals surface area contributed by atoms with Gasteiger partial charge in [0, 0.05) is 18.8 Å². The number of aryl methyl sites for hydroxylation is 1. The molecule has 0 amide bonds. The van der Waals surface area contributed by atoms with Crippen LogP contribution in [0.1, 0.15) is 31.7 Å². The summed E-state index contributed by atoms with van der Waals surface area (Å²) in [7, 11) is 0. The highest BCUT2D eigenvalue weighted by Crippen LogP contribution is 2.16. The lowest BCUT2D eigenvalue weighted by Gasteiger charge is -2.23. The lowest BCUT2D eigenvalue weighted by atomic mass is 10.2. The van der Waals surface area contributed by atoms with Gasteiger partial charge in [-0.1, -0.05) is 24.4 Å². The van der Waals surface area contributed by atoms with Crippen molar-refractivity contribution in [3.63, 3.8) is 0 Å². The lowest BCUT2D eigenvalue weighted by Crippen LogP contribution is -2.24. The molecule has 3 heteroatoms. The zero-order valence-electron chi connectivity index (χ0n) is 10.8. The van der Waals surface area contributed by atoms with Gasteiger partial charge in [-0.2, -0.15) is 0 Å². The molecule has 0 saturated heterocycles. The molecule has 0 atom stereocenters. The van der Waals surface area contributed by atoms with Crippen molar-refractivity contribution in [1.29, 1.82) is 0 Å². The van der Waals surface area contributed by atoms with Crippen LogP contribution in [0.4, 0.5) is 5.69 Å². The van der Waals surface area contributed by atoms with E-state index in [4.69, 9.17) is 18.0 Å². The van der Waals surface area contributed by atoms with Crippen LogP contribution in [0.2, 0.25) is 0 Å². The molecule has 2 N–H and O–H groups in total. The minimum Gasteiger partial charge on any atom is -0.393 e. The second-order valence-electron chi connectivity index (χ2n) is 4.34. The second kappa shape index (κ2) is 7.28. The molecule has 1 aromatic rings. The van der Waals surface area contributed by atoms with Crippen molar-refractivity contribution in [3.8, 4) is 0 Å². The highest BCUT2D eigenvalue weighted by Gasteiger charge is 2.03. The zero-order valence-corrected chi connectivity index (χ0v) is 11.6. The van der Waals surface area contributed by atoms with Crippen molar-refractivity contribution in [2.75, 3.05) is 18.0 Å². The quantitative estimate of drug-likeness (QED) is 0.595. The van der Waals surface area contributed by atoms with Gasteiger partial charge >= 0.3 is 0 Å². The summed E-state index contributed by atoms with van der Waals surface area (Å²) in [5.41, 5.74) is 8.11. The number of benzene rings is 1. The van der Waals surface area contributed by atoms with Gasteiger partial charge in [-0.25, -0.2) is 0 Å². The largest absolute Gasteiger partial charge is 0.393 e. The Morgan fingerprint density at radius 3 is 2.71 bits per heavy atom. The topological polar surface area (TPSA) is 29.3 Å². The first-order valence-corrected chi connectivity index (χ1v) is 6.64. The van der Waals surface area contributed by atoms with Gasteiger partial charge < -0.3 is 10.6 Å². The highest BCUT2D eigenvalue weighted by atomic mass is 32.1. The molecule has 0 fully saturated rings. The first-order chi connectivity index (χ1) is 8.13. The smallest absolute Gasteiger partial charge is 0.0727 e. The molecule has 0 aromatic heterocycles. The van der Waals surface area contributed by atoms with Crippen LogP contribution in [0.25, 0.3) is 0 Å². The van der Waals surface area contributed by atoms with Crippen LogP contribution in [0, 0.1) is 6.92 Å². The van der Waals surface area contributed by atoms with E-state index in [-0.39, 0.29) is 0 Å². The molecular formula is C14H22N2S. The Morgan fingerprint density at radius 1 is 1.35 bits per heavy atom. The summed E-state index contributed by atoms with van der Waals surface area (Å²) in [5.74, 6) is 0. The molecule has 1 aromatic carbocycles. The van der Waals surface area contributed by atoms with E-state index in [9.17, 15) is 0 Å². The fourth-order valence-electron chi connectivity index (χ4n) is 1.90. The van der Waals surface area contributed by atoms with E-state index in [0.29, 0.717) is 4.99 Å². The molecule has 17 heavy (non-hydrogen) atoms. The number of nitrogens with zero attached hydrogens (tertiary/aromatic N) is 1. The van der Waals surface area contributed by atoms with Crippen LogP contribution in [0.5, 0.6) is 0 Å². The maximum Gasteiger partial charge on any atom is 0.0727 e. The molecule has 1 rings (SSSR count). The normalized spacial score (nSPS) is 10.2. The number of nitrogens with two attached hydrogens (primary N) is 1. The van der Waals surface area contributed by atoms with Crippen molar-refractivity contribution in [2.24, 2.45) is 5.73 Å². The van der Waals surface area contributed by atoms with E-state index in [1.54, 1.807) is 0 Å². The predicted molar refractivity (Wildman–Crippen MR) is 79.7 cm³/mol. The molecule has 0 spiro atoms. The van der Waals surface area contributed by atoms with Crippen molar-refractivity contribution < 1.29 is 0 Å². The summed E-state index contributed by atoms with van der Waals surface area (Å²) < 4.78 is 0. The molecule has 94 valence electrons. The first-order valence-electron chi connectivity index (χ1n) is 6.23. The summed E-state index contributed by atoms with van der Waals surface area (Å²) in [5, 5.41) is 0. The van der Waals surface area contributed by atoms with Gasteiger partial charge in [0.15, 0.2) is 0 Å². The van der Waals surface area contributed by atoms with Gasteiger partial charge in [-0.15, -0.1) is 0 Å². The standard InChI is InChI=1S/C14H22N2S/c1-3-16(10-5-4-9-14(15)17)13-8-6-7-12(2)11-13/h6-8,11H,3-5,9-10H2,1-2H3,(H2,15,17). The third kappa shape index (κ3) is 5.18. The number of thiocarbonyl (C=S) groups is 1. The number of hydrogen-bond acceptors (Lipinski definition) is 2. The van der Waals surface area contributed by atoms with Gasteiger partial charge in [0.1, 0.15) is 0 Å². The monoisotopic (exact) mass is 250 g/mol. The van der Waals surface area contributed by atoms with Crippen LogP contribution in [-0.2, 0) is 0 Å². The number of hydrogen-bond donors (Lipinski definition) is 1. The predicted octanol–water partition coefficient (Wildman–Crippen LogP) is 3.28. The number of unbranched alkanes of at least 4 members (excludes halogenated alkanes) is 1. The third-order valence-corrected chi connectivity index (χ3v) is 3.05. The van der Waals surface area contributed by atoms with Crippen LogP contribution >= 0.6 is 12.2 Å². The van der Waals surface area contributed by atoms with E-state index < -0.39 is 0 Å². The average Bonchev–Trinajstić information content (AvgIpc) is 2.29. The second-order valence-corrected chi connectivity index (χ2v) is 4.87. The van der Waals surface area contributed by atoms with Crippen LogP contribution in [-0.4, -0.2) is 18.1 Å². The van der Waals surface area contributed by atoms with Crippen molar-refractivity contribution >= 4 is 22.9 Å². The Bertz CT molecular complexity index is 363. The summed E-state index contributed by atoms with van der Waals surface area (Å²) in [6.07, 6.45) is 3.08. The Balaban J connectivity index is 2.45. The van der Waals surface area contributed by atoms with Gasteiger partial charge in [-0.05, 0) is 50.8 Å². The van der Waals surface area contributed by atoms with Crippen molar-refractivity contribution in [3.05, 3.63) is 29.8 Å². The Labute approximate surface area is 110 Å². The average molecular weight is 250 g/mol. The number of anilines is 1. The summed E-state index contributed by atoms with van der Waals surface area (Å²) in [6, 6.07) is 8.65. The van der Waals surface area contributed by atoms with Crippen LogP contribution in [0.15, 0.2) is 24.3 Å². The fraction of sp³-hybridized carbons (Fsp3) is 0.500. The third-order valence-electron chi connectivity index (χ3n) is 2.85. The maximum absolute atomic E-state index is 5.49. The van der Waals surface area contributed by atoms with Crippen LogP contribution in [0.3, 0.4) is 0 Å². The van der Waals surface area contributed by atoms with Gasteiger partial charge in [0.2, 0.25) is 0 Å². The highest BCUT2D eigenvalue weighted by molar-refractivity contribution is 7.80.